The largest absolute Gasteiger partial charge is 2.00 e. The Labute approximate surface area is 117 Å². The molecule has 0 unspecified atom stereocenters. The van der Waals surface area contributed by atoms with Crippen molar-refractivity contribution in [1.82, 2.24) is 0 Å². The molecule has 8 nitrogen and oxygen atoms in total. The molecule has 0 aromatic heterocycles. The van der Waals surface area contributed by atoms with Crippen molar-refractivity contribution < 1.29 is 27.3 Å². The average molecular weight is 320 g/mol. The summed E-state index contributed by atoms with van der Waals surface area (Å²) < 4.78 is 0. The van der Waals surface area contributed by atoms with Crippen molar-refractivity contribution in [2.24, 2.45) is 20.4 Å². The van der Waals surface area contributed by atoms with E-state index in [0.29, 0.717) is 0 Å². The molecule has 0 saturated heterocycles. The molecule has 0 amide bonds. The summed E-state index contributed by atoms with van der Waals surface area (Å²) in [5, 5.41) is 30.1. The van der Waals surface area contributed by atoms with Crippen LogP contribution in [0.15, 0.2) is 20.4 Å². The van der Waals surface area contributed by atoms with Crippen LogP contribution in [0.5, 0.6) is 11.5 Å². The van der Waals surface area contributed by atoms with E-state index < -0.39 is 21.8 Å². The van der Waals surface area contributed by atoms with Crippen LogP contribution < -0.4 is 10.7 Å². The van der Waals surface area contributed by atoms with E-state index >= 15 is 0 Å². The topological polar surface area (TPSA) is 138 Å². The van der Waals surface area contributed by atoms with Crippen LogP contribution in [0.25, 0.3) is 11.5 Å². The van der Waals surface area contributed by atoms with Gasteiger partial charge in [0.1, 0.15) is 10.7 Å². The molecule has 0 fully saturated rings. The van der Waals surface area contributed by atoms with E-state index in [1.807, 2.05) is 0 Å². The number of amidine groups is 2. The summed E-state index contributed by atoms with van der Waals surface area (Å²) >= 11 is 8.63. The number of aromatic hydroxyl groups is 2. The third-order valence-corrected chi connectivity index (χ3v) is 1.54. The zero-order chi connectivity index (χ0) is 12.3. The van der Waals surface area contributed by atoms with E-state index in [1.165, 1.54) is 0 Å². The molecule has 17 heavy (non-hydrogen) atoms. The van der Waals surface area contributed by atoms with Gasteiger partial charge in [-0.2, -0.15) is 0 Å². The fourth-order valence-corrected chi connectivity index (χ4v) is 0.848. The van der Waals surface area contributed by atoms with Gasteiger partial charge < -0.3 is 57.1 Å². The second-order valence-electron chi connectivity index (χ2n) is 2.40. The van der Waals surface area contributed by atoms with Gasteiger partial charge in [-0.15, -0.1) is 0 Å². The van der Waals surface area contributed by atoms with Crippen LogP contribution in [0.4, 0.5) is 0 Å². The third kappa shape index (κ3) is 3.82. The van der Waals surface area contributed by atoms with Crippen LogP contribution in [-0.4, -0.2) is 20.5 Å². The Hall–Kier alpha value is -1.42. The van der Waals surface area contributed by atoms with E-state index in [9.17, 15) is 0 Å². The van der Waals surface area contributed by atoms with Crippen molar-refractivity contribution in [3.05, 3.63) is 22.2 Å². The van der Waals surface area contributed by atoms with Gasteiger partial charge in [-0.1, -0.05) is 0 Å². The van der Waals surface area contributed by atoms with E-state index in [0.717, 1.165) is 0 Å². The second-order valence-corrected chi connectivity index (χ2v) is 3.18. The third-order valence-electron chi connectivity index (χ3n) is 1.38. The zero-order valence-corrected chi connectivity index (χ0v) is 10.4. The summed E-state index contributed by atoms with van der Waals surface area (Å²) in [6, 6.07) is 0. The maximum absolute atomic E-state index is 9.16. The fourth-order valence-electron chi connectivity index (χ4n) is 0.766. The Bertz CT molecular complexity index is 501. The van der Waals surface area contributed by atoms with Crippen LogP contribution >= 0.6 is 0 Å². The van der Waals surface area contributed by atoms with Crippen molar-refractivity contribution >= 4 is 35.6 Å². The quantitative estimate of drug-likeness (QED) is 0.250. The Morgan fingerprint density at radius 1 is 0.882 bits per heavy atom. The molecule has 95 valence electrons. The minimum atomic E-state index is -0.523. The summed E-state index contributed by atoms with van der Waals surface area (Å²) in [5.41, 5.74) is 13.6. The number of nitrogens with zero attached hydrogens (tertiary/aromatic N) is 4. The molecule has 0 atom stereocenters. The van der Waals surface area contributed by atoms with Crippen LogP contribution in [0.2, 0.25) is 0 Å². The zero-order valence-electron chi connectivity index (χ0n) is 7.80. The van der Waals surface area contributed by atoms with Gasteiger partial charge in [-0.3, -0.25) is 10.2 Å². The van der Waals surface area contributed by atoms with Gasteiger partial charge in [0.2, 0.25) is 0 Å². The molecule has 0 aliphatic rings. The minimum absolute atomic E-state index is 0. The van der Waals surface area contributed by atoms with Crippen LogP contribution in [0.3, 0.4) is 0 Å². The van der Waals surface area contributed by atoms with Crippen LogP contribution in [0.1, 0.15) is 0 Å². The molecule has 4 N–H and O–H groups in total. The van der Waals surface area contributed by atoms with Gasteiger partial charge in [0.05, 0.1) is 0 Å². The molecular formula is C6H4CuN6O2S2-2. The van der Waals surface area contributed by atoms with Gasteiger partial charge in [-0.25, -0.2) is 10.3 Å². The van der Waals surface area contributed by atoms with Crippen molar-refractivity contribution in [1.29, 1.82) is 0 Å². The summed E-state index contributed by atoms with van der Waals surface area (Å²) in [6.45, 7) is 0. The normalized spacial score (nSPS) is 15.1. The molecule has 0 saturated carbocycles. The Morgan fingerprint density at radius 3 is 1.41 bits per heavy atom. The predicted molar refractivity (Wildman–Crippen MR) is 61.5 cm³/mol. The van der Waals surface area contributed by atoms with E-state index in [4.69, 9.17) is 21.7 Å². The summed E-state index contributed by atoms with van der Waals surface area (Å²) in [7, 11) is 0. The molecule has 1 aromatic carbocycles. The molecule has 0 bridgehead atoms. The molecule has 0 spiro atoms. The SMILES string of the molecule is [Cu+2].[NH-]C([S-])=NN=c1c(O)c(O)c1=NN=C([NH-])[S-]. The summed E-state index contributed by atoms with van der Waals surface area (Å²) in [6.07, 6.45) is 0. The molecule has 1 aromatic rings. The van der Waals surface area contributed by atoms with E-state index in [2.05, 4.69) is 45.7 Å². The first-order valence-corrected chi connectivity index (χ1v) is 4.47. The predicted octanol–water partition coefficient (Wildman–Crippen LogP) is -0.487. The van der Waals surface area contributed by atoms with Gasteiger partial charge in [-0.05, 0) is 0 Å². The first kappa shape index (κ1) is 15.6. The van der Waals surface area contributed by atoms with Crippen molar-refractivity contribution in [2.75, 3.05) is 0 Å². The molecule has 1 rings (SSSR count). The Kier molecular flexibility index (Phi) is 5.82. The van der Waals surface area contributed by atoms with Gasteiger partial charge in [0.25, 0.3) is 0 Å². The Balaban J connectivity index is 0.00000256. The number of hydrogen-bond acceptors (Lipinski definition) is 8. The first-order valence-electron chi connectivity index (χ1n) is 3.65. The van der Waals surface area contributed by atoms with Crippen LogP contribution in [-0.2, 0) is 42.3 Å². The van der Waals surface area contributed by atoms with E-state index in [-0.39, 0.29) is 27.8 Å². The van der Waals surface area contributed by atoms with Crippen molar-refractivity contribution in [3.63, 3.8) is 0 Å². The molecule has 1 radical (unpaired) electrons. The number of rotatable bonds is 2. The van der Waals surface area contributed by atoms with Gasteiger partial charge in [0.15, 0.2) is 11.5 Å². The number of hydrogen-bond donors (Lipinski definition) is 2. The molecule has 0 aliphatic carbocycles. The molecule has 0 heterocycles. The van der Waals surface area contributed by atoms with Crippen LogP contribution in [0, 0.1) is 0 Å². The summed E-state index contributed by atoms with van der Waals surface area (Å²) in [4.78, 5) is 0. The minimum Gasteiger partial charge on any atom is -0.788 e. The number of nitrogens with one attached hydrogen (secondary N) is 2. The molecular weight excluding hydrogens is 316 g/mol. The molecule has 0 aliphatic heterocycles. The summed E-state index contributed by atoms with van der Waals surface area (Å²) in [5.74, 6) is -1.05. The standard InChI is InChI=1S/C6H6N6O2S2.Cu/c7-5(15)11-9-1-2(4(14)3(1)13)10-12-6(8)16;/h(H6-2,7,8,9,10,11,12,13,14,15,16);/q-2;+2/p-2. The maximum atomic E-state index is 9.16. The van der Waals surface area contributed by atoms with Crippen molar-refractivity contribution in [3.8, 4) is 11.5 Å². The first-order chi connectivity index (χ1) is 7.43. The van der Waals surface area contributed by atoms with E-state index in [1.54, 1.807) is 0 Å². The Morgan fingerprint density at radius 2 is 1.18 bits per heavy atom. The molecule has 11 heteroatoms. The maximum Gasteiger partial charge on any atom is 2.00 e. The average Bonchev–Trinajstić information content (AvgIpc) is 2.20. The monoisotopic (exact) mass is 319 g/mol. The fraction of sp³-hybridized carbons (Fsp3) is 0. The second kappa shape index (κ2) is 6.35. The van der Waals surface area contributed by atoms with Crippen molar-refractivity contribution in [2.45, 2.75) is 0 Å². The van der Waals surface area contributed by atoms with Gasteiger partial charge >= 0.3 is 17.1 Å². The smallest absolute Gasteiger partial charge is 0.788 e. The van der Waals surface area contributed by atoms with Gasteiger partial charge in [0, 0.05) is 0 Å².